The predicted octanol–water partition coefficient (Wildman–Crippen LogP) is 3.65. The van der Waals surface area contributed by atoms with Crippen molar-refractivity contribution in [3.05, 3.63) is 69.6 Å². The van der Waals surface area contributed by atoms with E-state index in [1.54, 1.807) is 29.5 Å². The van der Waals surface area contributed by atoms with E-state index in [1.807, 2.05) is 37.3 Å². The van der Waals surface area contributed by atoms with Crippen LogP contribution in [0.5, 0.6) is 0 Å². The Labute approximate surface area is 247 Å². The fraction of sp³-hybridized carbons (Fsp3) is 0.357. The van der Waals surface area contributed by atoms with Crippen LogP contribution in [0, 0.1) is 6.92 Å². The molecule has 0 unspecified atom stereocenters. The van der Waals surface area contributed by atoms with Gasteiger partial charge in [-0.25, -0.2) is 13.1 Å². The van der Waals surface area contributed by atoms with Gasteiger partial charge in [-0.05, 0) is 74.1 Å². The molecule has 216 valence electrons. The lowest BCUT2D eigenvalue weighted by Crippen LogP contribution is -2.34. The summed E-state index contributed by atoms with van der Waals surface area (Å²) >= 11 is 3.44. The Balaban J connectivity index is 1.49. The van der Waals surface area contributed by atoms with Gasteiger partial charge in [0.25, 0.3) is 11.8 Å². The van der Waals surface area contributed by atoms with Crippen LogP contribution in [0.4, 0.5) is 5.69 Å². The third-order valence-corrected chi connectivity index (χ3v) is 9.03. The Hall–Kier alpha value is -3.71. The standard InChI is InChI=1S/C28H32BrN7O4S/c1-17-23(16-32-34(17)3)27(37)31-12-5-13-35(41(4,39)40)25-15-24-22(14-21(25)18-6-7-18)26(28(38)30-2)36(33-24)20-10-8-19(29)9-11-20/h8-11,14-16,18H,5-7,12-13H2,1-4H3,(H,30,38)(H,31,37). The predicted molar refractivity (Wildman–Crippen MR) is 161 cm³/mol. The van der Waals surface area contributed by atoms with Crippen molar-refractivity contribution in [2.45, 2.75) is 32.1 Å². The van der Waals surface area contributed by atoms with Crippen molar-refractivity contribution >= 4 is 54.4 Å². The van der Waals surface area contributed by atoms with E-state index in [2.05, 4.69) is 31.7 Å². The lowest BCUT2D eigenvalue weighted by molar-refractivity contribution is 0.0946. The Morgan fingerprint density at radius 2 is 1.85 bits per heavy atom. The first kappa shape index (κ1) is 28.8. The second-order valence-corrected chi connectivity index (χ2v) is 13.1. The number of hydrogen-bond donors (Lipinski definition) is 2. The molecule has 13 heteroatoms. The number of aryl methyl sites for hydroxylation is 1. The third-order valence-electron chi connectivity index (χ3n) is 7.32. The zero-order valence-corrected chi connectivity index (χ0v) is 25.7. The molecule has 1 aliphatic rings. The first-order chi connectivity index (χ1) is 19.5. The maximum Gasteiger partial charge on any atom is 0.270 e. The number of halogens is 1. The first-order valence-corrected chi connectivity index (χ1v) is 15.9. The van der Waals surface area contributed by atoms with E-state index >= 15 is 0 Å². The van der Waals surface area contributed by atoms with Crippen molar-refractivity contribution < 1.29 is 18.0 Å². The highest BCUT2D eigenvalue weighted by atomic mass is 79.9. The second kappa shape index (κ2) is 11.3. The number of benzene rings is 2. The van der Waals surface area contributed by atoms with Crippen molar-refractivity contribution in [2.75, 3.05) is 30.7 Å². The summed E-state index contributed by atoms with van der Waals surface area (Å²) in [7, 11) is -0.324. The highest BCUT2D eigenvalue weighted by Crippen LogP contribution is 2.46. The normalized spacial score (nSPS) is 13.4. The van der Waals surface area contributed by atoms with E-state index in [4.69, 9.17) is 5.10 Å². The molecule has 2 N–H and O–H groups in total. The van der Waals surface area contributed by atoms with E-state index in [-0.39, 0.29) is 24.3 Å². The molecule has 1 aliphatic carbocycles. The highest BCUT2D eigenvalue weighted by Gasteiger charge is 2.32. The number of nitrogens with one attached hydrogen (secondary N) is 2. The van der Waals surface area contributed by atoms with Gasteiger partial charge in [0.05, 0.1) is 34.9 Å². The molecular formula is C28H32BrN7O4S. The van der Waals surface area contributed by atoms with Crippen molar-refractivity contribution in [3.63, 3.8) is 0 Å². The van der Waals surface area contributed by atoms with Crippen molar-refractivity contribution in [1.29, 1.82) is 0 Å². The summed E-state index contributed by atoms with van der Waals surface area (Å²) in [4.78, 5) is 25.6. The molecular weight excluding hydrogens is 610 g/mol. The topological polar surface area (TPSA) is 131 Å². The molecule has 1 fully saturated rings. The van der Waals surface area contributed by atoms with E-state index in [0.29, 0.717) is 46.5 Å². The minimum atomic E-state index is -3.66. The van der Waals surface area contributed by atoms with Gasteiger partial charge in [-0.2, -0.15) is 10.2 Å². The summed E-state index contributed by atoms with van der Waals surface area (Å²) in [6.45, 7) is 2.28. The summed E-state index contributed by atoms with van der Waals surface area (Å²) in [6.07, 6.45) is 4.98. The SMILES string of the molecule is CNC(=O)c1c2cc(C3CC3)c(N(CCCNC(=O)c3cnn(C)c3C)S(C)(=O)=O)cc2nn1-c1ccc(Br)cc1. The summed E-state index contributed by atoms with van der Waals surface area (Å²) in [6, 6.07) is 11.1. The second-order valence-electron chi connectivity index (χ2n) is 10.2. The number of fused-ring (bicyclic) bond motifs is 1. The number of carbonyl (C=O) groups is 2. The Morgan fingerprint density at radius 3 is 2.44 bits per heavy atom. The molecule has 0 radical (unpaired) electrons. The van der Waals surface area contributed by atoms with Gasteiger partial charge >= 0.3 is 0 Å². The molecule has 0 saturated heterocycles. The molecule has 11 nitrogen and oxygen atoms in total. The van der Waals surface area contributed by atoms with Gasteiger partial charge in [-0.3, -0.25) is 18.6 Å². The van der Waals surface area contributed by atoms with Crippen LogP contribution in [0.3, 0.4) is 0 Å². The number of carbonyl (C=O) groups excluding carboxylic acids is 2. The van der Waals surface area contributed by atoms with Gasteiger partial charge in [0.15, 0.2) is 0 Å². The van der Waals surface area contributed by atoms with E-state index < -0.39 is 10.0 Å². The van der Waals surface area contributed by atoms with Crippen LogP contribution in [0.1, 0.15) is 57.3 Å². The number of sulfonamides is 1. The molecule has 2 amide bonds. The Morgan fingerprint density at radius 1 is 1.15 bits per heavy atom. The average molecular weight is 643 g/mol. The minimum Gasteiger partial charge on any atom is -0.354 e. The van der Waals surface area contributed by atoms with E-state index in [1.165, 1.54) is 16.8 Å². The first-order valence-electron chi connectivity index (χ1n) is 13.3. The monoisotopic (exact) mass is 641 g/mol. The number of hydrogen-bond acceptors (Lipinski definition) is 6. The van der Waals surface area contributed by atoms with Crippen LogP contribution in [0.25, 0.3) is 16.6 Å². The molecule has 1 saturated carbocycles. The molecule has 0 spiro atoms. The van der Waals surface area contributed by atoms with Gasteiger partial charge in [-0.15, -0.1) is 0 Å². The third kappa shape index (κ3) is 5.87. The van der Waals surface area contributed by atoms with Gasteiger partial charge in [0.2, 0.25) is 10.0 Å². The molecule has 0 bridgehead atoms. The quantitative estimate of drug-likeness (QED) is 0.254. The molecule has 2 aromatic heterocycles. The number of amides is 2. The van der Waals surface area contributed by atoms with Gasteiger partial charge in [-0.1, -0.05) is 15.9 Å². The van der Waals surface area contributed by atoms with Crippen molar-refractivity contribution in [3.8, 4) is 5.69 Å². The molecule has 5 rings (SSSR count). The fourth-order valence-corrected chi connectivity index (χ4v) is 6.13. The van der Waals surface area contributed by atoms with Crippen LogP contribution < -0.4 is 14.9 Å². The van der Waals surface area contributed by atoms with Gasteiger partial charge < -0.3 is 10.6 Å². The number of anilines is 1. The molecule has 0 aliphatic heterocycles. The number of rotatable bonds is 10. The summed E-state index contributed by atoms with van der Waals surface area (Å²) in [5.41, 5.74) is 4.28. The highest BCUT2D eigenvalue weighted by molar-refractivity contribution is 9.10. The number of aromatic nitrogens is 4. The minimum absolute atomic E-state index is 0.173. The zero-order valence-electron chi connectivity index (χ0n) is 23.3. The largest absolute Gasteiger partial charge is 0.354 e. The van der Waals surface area contributed by atoms with Crippen LogP contribution >= 0.6 is 15.9 Å². The maximum absolute atomic E-state index is 13.1. The lowest BCUT2D eigenvalue weighted by Gasteiger charge is -2.25. The molecule has 0 atom stereocenters. The summed E-state index contributed by atoms with van der Waals surface area (Å²) in [5.74, 6) is -0.341. The van der Waals surface area contributed by atoms with Gasteiger partial charge in [0, 0.05) is 42.7 Å². The molecule has 41 heavy (non-hydrogen) atoms. The average Bonchev–Trinajstić information content (AvgIpc) is 3.63. The molecule has 2 aromatic carbocycles. The lowest BCUT2D eigenvalue weighted by atomic mass is 10.0. The summed E-state index contributed by atoms with van der Waals surface area (Å²) in [5, 5.41) is 15.1. The van der Waals surface area contributed by atoms with Crippen LogP contribution in [-0.4, -0.2) is 66.2 Å². The van der Waals surface area contributed by atoms with Crippen LogP contribution in [0.2, 0.25) is 0 Å². The zero-order chi connectivity index (χ0) is 29.5. The molecule has 2 heterocycles. The Kier molecular flexibility index (Phi) is 7.93. The fourth-order valence-electron chi connectivity index (χ4n) is 4.89. The van der Waals surface area contributed by atoms with E-state index in [9.17, 15) is 18.0 Å². The summed E-state index contributed by atoms with van der Waals surface area (Å²) < 4.78 is 31.7. The van der Waals surface area contributed by atoms with Crippen molar-refractivity contribution in [1.82, 2.24) is 30.2 Å². The maximum atomic E-state index is 13.1. The Bertz CT molecular complexity index is 1740. The van der Waals surface area contributed by atoms with E-state index in [0.717, 1.165) is 28.6 Å². The van der Waals surface area contributed by atoms with Crippen molar-refractivity contribution in [2.24, 2.45) is 7.05 Å². The number of nitrogens with zero attached hydrogens (tertiary/aromatic N) is 5. The smallest absolute Gasteiger partial charge is 0.270 e. The molecule has 4 aromatic rings. The van der Waals surface area contributed by atoms with Gasteiger partial charge in [0.1, 0.15) is 5.69 Å². The van der Waals surface area contributed by atoms with Crippen LogP contribution in [0.15, 0.2) is 47.1 Å². The van der Waals surface area contributed by atoms with Crippen LogP contribution in [-0.2, 0) is 17.1 Å².